The fourth-order valence-electron chi connectivity index (χ4n) is 2.64. The van der Waals surface area contributed by atoms with E-state index < -0.39 is 0 Å². The number of nitrogens with two attached hydrogens (primary N) is 1. The molecular weight excluding hydrogens is 238 g/mol. The first-order valence-corrected chi connectivity index (χ1v) is 6.88. The fraction of sp³-hybridized carbons (Fsp3) is 0.533. The predicted molar refractivity (Wildman–Crippen MR) is 77.9 cm³/mol. The fourth-order valence-corrected chi connectivity index (χ4v) is 2.64. The SMILES string of the molecule is CC1(C)CCCC1NC(=O)Nc1ccc(CN)cc1. The average Bonchev–Trinajstić information content (AvgIpc) is 2.69. The Morgan fingerprint density at radius 1 is 1.37 bits per heavy atom. The summed E-state index contributed by atoms with van der Waals surface area (Å²) in [5.41, 5.74) is 7.59. The number of anilines is 1. The normalized spacial score (nSPS) is 21.1. The van der Waals surface area contributed by atoms with Crippen LogP contribution < -0.4 is 16.4 Å². The van der Waals surface area contributed by atoms with Crippen LogP contribution in [0.15, 0.2) is 24.3 Å². The van der Waals surface area contributed by atoms with Gasteiger partial charge >= 0.3 is 6.03 Å². The van der Waals surface area contributed by atoms with Gasteiger partial charge in [-0.15, -0.1) is 0 Å². The molecule has 0 aliphatic heterocycles. The van der Waals surface area contributed by atoms with Crippen molar-refractivity contribution in [3.8, 4) is 0 Å². The second-order valence-corrected chi connectivity index (χ2v) is 5.93. The van der Waals surface area contributed by atoms with Crippen LogP contribution in [-0.2, 0) is 6.54 Å². The van der Waals surface area contributed by atoms with Crippen LogP contribution >= 0.6 is 0 Å². The Hall–Kier alpha value is -1.55. The lowest BCUT2D eigenvalue weighted by molar-refractivity contribution is 0.233. The molecule has 1 aliphatic carbocycles. The van der Waals surface area contributed by atoms with E-state index in [2.05, 4.69) is 24.5 Å². The van der Waals surface area contributed by atoms with Crippen LogP contribution in [0.3, 0.4) is 0 Å². The molecule has 0 saturated heterocycles. The maximum absolute atomic E-state index is 12.0. The number of rotatable bonds is 3. The summed E-state index contributed by atoms with van der Waals surface area (Å²) in [4.78, 5) is 12.0. The molecule has 1 aliphatic rings. The second-order valence-electron chi connectivity index (χ2n) is 5.93. The minimum Gasteiger partial charge on any atom is -0.335 e. The molecule has 2 amide bonds. The Labute approximate surface area is 114 Å². The molecule has 1 fully saturated rings. The van der Waals surface area contributed by atoms with Crippen molar-refractivity contribution in [2.75, 3.05) is 5.32 Å². The van der Waals surface area contributed by atoms with Gasteiger partial charge in [-0.1, -0.05) is 32.4 Å². The van der Waals surface area contributed by atoms with Crippen LogP contribution in [0.25, 0.3) is 0 Å². The van der Waals surface area contributed by atoms with Crippen molar-refractivity contribution < 1.29 is 4.79 Å². The highest BCUT2D eigenvalue weighted by molar-refractivity contribution is 5.89. The molecule has 104 valence electrons. The van der Waals surface area contributed by atoms with Gasteiger partial charge in [-0.3, -0.25) is 0 Å². The lowest BCUT2D eigenvalue weighted by Gasteiger charge is -2.27. The molecule has 1 aromatic carbocycles. The summed E-state index contributed by atoms with van der Waals surface area (Å²) in [7, 11) is 0. The quantitative estimate of drug-likeness (QED) is 0.783. The molecule has 0 aromatic heterocycles. The van der Waals surface area contributed by atoms with E-state index in [0.717, 1.165) is 17.7 Å². The Bertz CT molecular complexity index is 439. The van der Waals surface area contributed by atoms with Crippen LogP contribution in [0.1, 0.15) is 38.7 Å². The highest BCUT2D eigenvalue weighted by Crippen LogP contribution is 2.37. The second kappa shape index (κ2) is 5.61. The lowest BCUT2D eigenvalue weighted by Crippen LogP contribution is -2.43. The van der Waals surface area contributed by atoms with E-state index in [1.54, 1.807) is 0 Å². The summed E-state index contributed by atoms with van der Waals surface area (Å²) < 4.78 is 0. The minimum absolute atomic E-state index is 0.125. The molecule has 2 rings (SSSR count). The van der Waals surface area contributed by atoms with E-state index in [0.29, 0.717) is 6.54 Å². The van der Waals surface area contributed by atoms with Gasteiger partial charge in [-0.2, -0.15) is 0 Å². The first kappa shape index (κ1) is 13.9. The molecule has 0 radical (unpaired) electrons. The van der Waals surface area contributed by atoms with Gasteiger partial charge in [0.2, 0.25) is 0 Å². The third-order valence-electron chi connectivity index (χ3n) is 4.01. The molecule has 1 saturated carbocycles. The molecule has 1 unspecified atom stereocenters. The zero-order valence-electron chi connectivity index (χ0n) is 11.7. The molecule has 19 heavy (non-hydrogen) atoms. The molecule has 4 nitrogen and oxygen atoms in total. The average molecular weight is 261 g/mol. The van der Waals surface area contributed by atoms with Crippen molar-refractivity contribution >= 4 is 11.7 Å². The van der Waals surface area contributed by atoms with E-state index in [4.69, 9.17) is 5.73 Å². The number of hydrogen-bond donors (Lipinski definition) is 3. The third-order valence-corrected chi connectivity index (χ3v) is 4.01. The van der Waals surface area contributed by atoms with Crippen molar-refractivity contribution in [1.29, 1.82) is 0 Å². The summed E-state index contributed by atoms with van der Waals surface area (Å²) >= 11 is 0. The first-order chi connectivity index (χ1) is 9.01. The third kappa shape index (κ3) is 3.47. The summed E-state index contributed by atoms with van der Waals surface area (Å²) in [6.07, 6.45) is 3.42. The van der Waals surface area contributed by atoms with Gasteiger partial charge in [-0.05, 0) is 36.0 Å². The van der Waals surface area contributed by atoms with Crippen LogP contribution in [0.5, 0.6) is 0 Å². The predicted octanol–water partition coefficient (Wildman–Crippen LogP) is 2.85. The summed E-state index contributed by atoms with van der Waals surface area (Å²) in [5.74, 6) is 0. The molecule has 4 heteroatoms. The molecular formula is C15H23N3O. The van der Waals surface area contributed by atoms with E-state index in [1.165, 1.54) is 12.8 Å². The zero-order chi connectivity index (χ0) is 13.9. The molecule has 1 atom stereocenters. The Kier molecular flexibility index (Phi) is 4.10. The Morgan fingerprint density at radius 2 is 2.05 bits per heavy atom. The minimum atomic E-state index is -0.125. The van der Waals surface area contributed by atoms with Crippen molar-refractivity contribution in [3.63, 3.8) is 0 Å². The zero-order valence-corrected chi connectivity index (χ0v) is 11.7. The number of nitrogens with one attached hydrogen (secondary N) is 2. The highest BCUT2D eigenvalue weighted by Gasteiger charge is 2.35. The van der Waals surface area contributed by atoms with E-state index in [-0.39, 0.29) is 17.5 Å². The van der Waals surface area contributed by atoms with Crippen molar-refractivity contribution in [2.45, 2.75) is 45.7 Å². The van der Waals surface area contributed by atoms with Gasteiger partial charge in [0.05, 0.1) is 0 Å². The summed E-state index contributed by atoms with van der Waals surface area (Å²) in [5, 5.41) is 5.94. The van der Waals surface area contributed by atoms with Gasteiger partial charge in [-0.25, -0.2) is 4.79 Å². The number of hydrogen-bond acceptors (Lipinski definition) is 2. The number of carbonyl (C=O) groups excluding carboxylic acids is 1. The Balaban J connectivity index is 1.90. The maximum atomic E-state index is 12.0. The molecule has 0 bridgehead atoms. The van der Waals surface area contributed by atoms with E-state index in [9.17, 15) is 4.79 Å². The van der Waals surface area contributed by atoms with Crippen molar-refractivity contribution in [3.05, 3.63) is 29.8 Å². The standard InChI is InChI=1S/C15H23N3O/c1-15(2)9-3-4-13(15)18-14(19)17-12-7-5-11(10-16)6-8-12/h5-8,13H,3-4,9-10,16H2,1-2H3,(H2,17,18,19). The van der Waals surface area contributed by atoms with Gasteiger partial charge in [0.15, 0.2) is 0 Å². The van der Waals surface area contributed by atoms with Gasteiger partial charge in [0, 0.05) is 18.3 Å². The van der Waals surface area contributed by atoms with E-state index in [1.807, 2.05) is 24.3 Å². The van der Waals surface area contributed by atoms with Gasteiger partial charge in [0.1, 0.15) is 0 Å². The van der Waals surface area contributed by atoms with E-state index >= 15 is 0 Å². The lowest BCUT2D eigenvalue weighted by atomic mass is 9.87. The maximum Gasteiger partial charge on any atom is 0.319 e. The van der Waals surface area contributed by atoms with Crippen LogP contribution in [-0.4, -0.2) is 12.1 Å². The van der Waals surface area contributed by atoms with Crippen molar-refractivity contribution in [1.82, 2.24) is 5.32 Å². The topological polar surface area (TPSA) is 67.2 Å². The Morgan fingerprint density at radius 3 is 2.58 bits per heavy atom. The molecule has 0 heterocycles. The number of amides is 2. The number of benzene rings is 1. The summed E-state index contributed by atoms with van der Waals surface area (Å²) in [6, 6.07) is 7.74. The smallest absolute Gasteiger partial charge is 0.319 e. The van der Waals surface area contributed by atoms with Gasteiger partial charge < -0.3 is 16.4 Å². The summed E-state index contributed by atoms with van der Waals surface area (Å²) in [6.45, 7) is 4.94. The van der Waals surface area contributed by atoms with Gasteiger partial charge in [0.25, 0.3) is 0 Å². The number of urea groups is 1. The highest BCUT2D eigenvalue weighted by atomic mass is 16.2. The molecule has 4 N–H and O–H groups in total. The first-order valence-electron chi connectivity index (χ1n) is 6.88. The van der Waals surface area contributed by atoms with Crippen LogP contribution in [0, 0.1) is 5.41 Å². The largest absolute Gasteiger partial charge is 0.335 e. The van der Waals surface area contributed by atoms with Crippen LogP contribution in [0.4, 0.5) is 10.5 Å². The monoisotopic (exact) mass is 261 g/mol. The van der Waals surface area contributed by atoms with Crippen LogP contribution in [0.2, 0.25) is 0 Å². The molecule has 1 aromatic rings. The number of carbonyl (C=O) groups is 1. The van der Waals surface area contributed by atoms with Crippen molar-refractivity contribution in [2.24, 2.45) is 11.1 Å². The molecule has 0 spiro atoms.